The molecule has 0 aromatic rings. The number of alkyl carbamates (subject to hydrolysis) is 1. The number of carboxylic acids is 1. The van der Waals surface area contributed by atoms with Crippen LogP contribution in [-0.4, -0.2) is 64.6 Å². The summed E-state index contributed by atoms with van der Waals surface area (Å²) in [5, 5.41) is 20.8. The number of unbranched alkanes of at least 4 members (excludes halogenated alkanes) is 1. The van der Waals surface area contributed by atoms with Crippen molar-refractivity contribution in [2.24, 2.45) is 0 Å². The van der Waals surface area contributed by atoms with E-state index in [1.165, 1.54) is 0 Å². The van der Waals surface area contributed by atoms with Crippen LogP contribution >= 0.6 is 0 Å². The van der Waals surface area contributed by atoms with Crippen molar-refractivity contribution in [2.75, 3.05) is 26.2 Å². The van der Waals surface area contributed by atoms with Crippen molar-refractivity contribution < 1.29 is 24.5 Å². The van der Waals surface area contributed by atoms with E-state index in [1.807, 2.05) is 4.90 Å². The van der Waals surface area contributed by atoms with Crippen LogP contribution in [0.2, 0.25) is 0 Å². The second-order valence-electron chi connectivity index (χ2n) is 6.47. The first kappa shape index (κ1) is 17.7. The standard InChI is InChI=1S/C14H26N2O5/c1-13(2,3)21-12(20)15-14(11(18)19)6-8-16(10-14)7-4-5-9-17/h17H,4-10H2,1-3H3,(H,15,20)(H,18,19). The lowest BCUT2D eigenvalue weighted by atomic mass is 9.99. The maximum absolute atomic E-state index is 11.8. The molecule has 0 aromatic heterocycles. The average Bonchev–Trinajstić information content (AvgIpc) is 2.71. The number of carbonyl (C=O) groups is 2. The van der Waals surface area contributed by atoms with E-state index >= 15 is 0 Å². The van der Waals surface area contributed by atoms with E-state index in [-0.39, 0.29) is 13.2 Å². The summed E-state index contributed by atoms with van der Waals surface area (Å²) in [4.78, 5) is 25.4. The molecule has 1 fully saturated rings. The molecule has 21 heavy (non-hydrogen) atoms. The number of carboxylic acid groups (broad SMARTS) is 1. The number of aliphatic hydroxyl groups excluding tert-OH is 1. The number of aliphatic hydroxyl groups is 1. The smallest absolute Gasteiger partial charge is 0.408 e. The number of likely N-dealkylation sites (tertiary alicyclic amines) is 1. The first-order valence-electron chi connectivity index (χ1n) is 7.26. The molecule has 1 atom stereocenters. The zero-order valence-corrected chi connectivity index (χ0v) is 13.0. The summed E-state index contributed by atoms with van der Waals surface area (Å²) in [6, 6.07) is 0. The number of carbonyl (C=O) groups excluding carboxylic acids is 1. The Hall–Kier alpha value is -1.34. The van der Waals surface area contributed by atoms with Gasteiger partial charge in [-0.2, -0.15) is 0 Å². The Morgan fingerprint density at radius 3 is 2.52 bits per heavy atom. The Kier molecular flexibility index (Phi) is 5.98. The van der Waals surface area contributed by atoms with Crippen molar-refractivity contribution in [3.63, 3.8) is 0 Å². The number of aliphatic carboxylic acids is 1. The number of nitrogens with zero attached hydrogens (tertiary/aromatic N) is 1. The fourth-order valence-corrected chi connectivity index (χ4v) is 2.36. The van der Waals surface area contributed by atoms with Gasteiger partial charge < -0.3 is 25.2 Å². The van der Waals surface area contributed by atoms with E-state index in [0.29, 0.717) is 25.9 Å². The zero-order chi connectivity index (χ0) is 16.1. The molecular formula is C14H26N2O5. The summed E-state index contributed by atoms with van der Waals surface area (Å²) in [5.41, 5.74) is -1.95. The monoisotopic (exact) mass is 302 g/mol. The molecule has 122 valence electrons. The molecule has 1 heterocycles. The van der Waals surface area contributed by atoms with Crippen LogP contribution in [0.5, 0.6) is 0 Å². The summed E-state index contributed by atoms with van der Waals surface area (Å²) >= 11 is 0. The molecule has 1 aliphatic rings. The van der Waals surface area contributed by atoms with Crippen LogP contribution in [0.25, 0.3) is 0 Å². The van der Waals surface area contributed by atoms with Gasteiger partial charge in [-0.05, 0) is 46.6 Å². The van der Waals surface area contributed by atoms with Crippen molar-refractivity contribution in [1.82, 2.24) is 10.2 Å². The van der Waals surface area contributed by atoms with Crippen molar-refractivity contribution in [3.8, 4) is 0 Å². The fourth-order valence-electron chi connectivity index (χ4n) is 2.36. The van der Waals surface area contributed by atoms with Crippen LogP contribution in [-0.2, 0) is 9.53 Å². The molecule has 1 amide bonds. The highest BCUT2D eigenvalue weighted by atomic mass is 16.6. The second kappa shape index (κ2) is 7.09. The highest BCUT2D eigenvalue weighted by molar-refractivity contribution is 5.85. The van der Waals surface area contributed by atoms with Gasteiger partial charge >= 0.3 is 12.1 Å². The first-order valence-corrected chi connectivity index (χ1v) is 7.26. The molecule has 7 heteroatoms. The normalized spacial score (nSPS) is 23.0. The summed E-state index contributed by atoms with van der Waals surface area (Å²) in [6.45, 7) is 6.90. The predicted octanol–water partition coefficient (Wildman–Crippen LogP) is 0.813. The largest absolute Gasteiger partial charge is 0.479 e. The maximum Gasteiger partial charge on any atom is 0.408 e. The third-order valence-electron chi connectivity index (χ3n) is 3.38. The Morgan fingerprint density at radius 2 is 2.00 bits per heavy atom. The van der Waals surface area contributed by atoms with E-state index in [4.69, 9.17) is 9.84 Å². The molecule has 0 saturated carbocycles. The van der Waals surface area contributed by atoms with E-state index in [1.54, 1.807) is 20.8 Å². The molecule has 1 rings (SSSR count). The van der Waals surface area contributed by atoms with Gasteiger partial charge in [0.1, 0.15) is 5.60 Å². The van der Waals surface area contributed by atoms with Crippen LogP contribution in [0, 0.1) is 0 Å². The van der Waals surface area contributed by atoms with Gasteiger partial charge in [0.2, 0.25) is 0 Å². The second-order valence-corrected chi connectivity index (χ2v) is 6.47. The van der Waals surface area contributed by atoms with Crippen LogP contribution in [0.15, 0.2) is 0 Å². The van der Waals surface area contributed by atoms with Crippen molar-refractivity contribution in [2.45, 2.75) is 51.2 Å². The van der Waals surface area contributed by atoms with Crippen molar-refractivity contribution in [1.29, 1.82) is 0 Å². The number of amides is 1. The van der Waals surface area contributed by atoms with E-state index in [0.717, 1.165) is 6.42 Å². The average molecular weight is 302 g/mol. The summed E-state index contributed by atoms with van der Waals surface area (Å²) in [6.07, 6.45) is 1.14. The van der Waals surface area contributed by atoms with Gasteiger partial charge in [0.25, 0.3) is 0 Å². The van der Waals surface area contributed by atoms with Gasteiger partial charge in [-0.25, -0.2) is 9.59 Å². The Morgan fingerprint density at radius 1 is 1.33 bits per heavy atom. The number of rotatable bonds is 6. The molecule has 0 bridgehead atoms. The molecule has 1 saturated heterocycles. The van der Waals surface area contributed by atoms with Gasteiger partial charge in [-0.3, -0.25) is 0 Å². The molecule has 1 aliphatic heterocycles. The Balaban J connectivity index is 2.61. The Labute approximate surface area is 125 Å². The highest BCUT2D eigenvalue weighted by Crippen LogP contribution is 2.23. The van der Waals surface area contributed by atoms with Gasteiger partial charge in [-0.1, -0.05) is 0 Å². The van der Waals surface area contributed by atoms with E-state index in [2.05, 4.69) is 5.32 Å². The predicted molar refractivity (Wildman–Crippen MR) is 77.1 cm³/mol. The van der Waals surface area contributed by atoms with Crippen LogP contribution in [0.3, 0.4) is 0 Å². The minimum absolute atomic E-state index is 0.133. The number of hydrogen-bond acceptors (Lipinski definition) is 5. The zero-order valence-electron chi connectivity index (χ0n) is 13.0. The summed E-state index contributed by atoms with van der Waals surface area (Å²) < 4.78 is 5.14. The SMILES string of the molecule is CC(C)(C)OC(=O)NC1(C(=O)O)CCN(CCCCO)C1. The number of hydrogen-bond donors (Lipinski definition) is 3. The third-order valence-corrected chi connectivity index (χ3v) is 3.38. The Bertz CT molecular complexity index is 380. The summed E-state index contributed by atoms with van der Waals surface area (Å²) in [5.74, 6) is -1.04. The topological polar surface area (TPSA) is 99.1 Å². The first-order chi connectivity index (χ1) is 9.68. The molecule has 0 aliphatic carbocycles. The molecule has 1 unspecified atom stereocenters. The summed E-state index contributed by atoms with van der Waals surface area (Å²) in [7, 11) is 0. The molecule has 7 nitrogen and oxygen atoms in total. The molecule has 0 aromatic carbocycles. The van der Waals surface area contributed by atoms with Gasteiger partial charge in [0, 0.05) is 19.7 Å². The van der Waals surface area contributed by atoms with Crippen molar-refractivity contribution in [3.05, 3.63) is 0 Å². The molecule has 3 N–H and O–H groups in total. The maximum atomic E-state index is 11.8. The van der Waals surface area contributed by atoms with Crippen LogP contribution in [0.4, 0.5) is 4.79 Å². The third kappa shape index (κ3) is 5.51. The minimum Gasteiger partial charge on any atom is -0.479 e. The highest BCUT2D eigenvalue weighted by Gasteiger charge is 2.46. The molecule has 0 spiro atoms. The van der Waals surface area contributed by atoms with Gasteiger partial charge in [-0.15, -0.1) is 0 Å². The lowest BCUT2D eigenvalue weighted by Gasteiger charge is -2.28. The lowest BCUT2D eigenvalue weighted by Crippen LogP contribution is -2.57. The number of nitrogens with one attached hydrogen (secondary N) is 1. The number of ether oxygens (including phenoxy) is 1. The fraction of sp³-hybridized carbons (Fsp3) is 0.857. The molecule has 0 radical (unpaired) electrons. The minimum atomic E-state index is -1.29. The van der Waals surface area contributed by atoms with E-state index < -0.39 is 23.2 Å². The van der Waals surface area contributed by atoms with Gasteiger partial charge in [0.15, 0.2) is 5.54 Å². The van der Waals surface area contributed by atoms with Crippen LogP contribution < -0.4 is 5.32 Å². The lowest BCUT2D eigenvalue weighted by molar-refractivity contribution is -0.144. The van der Waals surface area contributed by atoms with Gasteiger partial charge in [0.05, 0.1) is 0 Å². The quantitative estimate of drug-likeness (QED) is 0.628. The molecular weight excluding hydrogens is 276 g/mol. The van der Waals surface area contributed by atoms with Crippen molar-refractivity contribution >= 4 is 12.1 Å². The van der Waals surface area contributed by atoms with Crippen LogP contribution in [0.1, 0.15) is 40.0 Å². The van der Waals surface area contributed by atoms with E-state index in [9.17, 15) is 14.7 Å².